The molecule has 126 valence electrons. The number of likely N-dealkylation sites (tertiary alicyclic amines) is 1. The summed E-state index contributed by atoms with van der Waals surface area (Å²) in [6.45, 7) is 2.07. The molecular weight excluding hydrogens is 296 g/mol. The fourth-order valence-corrected chi connectivity index (χ4v) is 2.67. The van der Waals surface area contributed by atoms with Gasteiger partial charge >= 0.3 is 0 Å². The van der Waals surface area contributed by atoms with Gasteiger partial charge in [-0.2, -0.15) is 0 Å². The second kappa shape index (κ2) is 8.53. The first-order valence-corrected chi connectivity index (χ1v) is 7.81. The molecule has 23 heavy (non-hydrogen) atoms. The van der Waals surface area contributed by atoms with Gasteiger partial charge in [-0.1, -0.05) is 12.1 Å². The predicted molar refractivity (Wildman–Crippen MR) is 86.3 cm³/mol. The van der Waals surface area contributed by atoms with Gasteiger partial charge < -0.3 is 19.7 Å². The molecule has 1 heterocycles. The molecule has 1 aromatic rings. The number of nitrogens with one attached hydrogen (secondary N) is 1. The number of amides is 2. The Kier molecular flexibility index (Phi) is 6.40. The summed E-state index contributed by atoms with van der Waals surface area (Å²) in [4.78, 5) is 25.7. The van der Waals surface area contributed by atoms with Crippen molar-refractivity contribution in [2.75, 3.05) is 40.5 Å². The highest BCUT2D eigenvalue weighted by molar-refractivity contribution is 5.89. The smallest absolute Gasteiger partial charge is 0.225 e. The van der Waals surface area contributed by atoms with Crippen molar-refractivity contribution in [3.63, 3.8) is 0 Å². The summed E-state index contributed by atoms with van der Waals surface area (Å²) in [5.41, 5.74) is 1.11. The average Bonchev–Trinajstić information content (AvgIpc) is 2.94. The molecule has 1 fully saturated rings. The molecule has 0 bridgehead atoms. The van der Waals surface area contributed by atoms with E-state index in [1.807, 2.05) is 24.3 Å². The summed E-state index contributed by atoms with van der Waals surface area (Å²) in [5.74, 6) is 0.518. The van der Waals surface area contributed by atoms with Gasteiger partial charge in [0.15, 0.2) is 0 Å². The molecule has 0 saturated carbocycles. The Bertz CT molecular complexity index is 547. The van der Waals surface area contributed by atoms with Crippen molar-refractivity contribution in [2.45, 2.75) is 12.8 Å². The molecule has 1 atom stereocenters. The number of hydrogen-bond donors (Lipinski definition) is 1. The molecular formula is C17H24N2O4. The standard InChI is InChI=1S/C17H24N2O4/c1-22-9-8-19-12-14(11-16(19)20)17(21)18-7-6-13-4-3-5-15(10-13)23-2/h3-5,10,14H,6-9,11-12H2,1-2H3,(H,18,21). The van der Waals surface area contributed by atoms with Crippen LogP contribution in [0.15, 0.2) is 24.3 Å². The number of carbonyl (C=O) groups is 2. The fraction of sp³-hybridized carbons (Fsp3) is 0.529. The van der Waals surface area contributed by atoms with Crippen LogP contribution in [0.5, 0.6) is 5.75 Å². The van der Waals surface area contributed by atoms with Gasteiger partial charge in [0.25, 0.3) is 0 Å². The molecule has 1 aliphatic heterocycles. The molecule has 0 spiro atoms. The number of carbonyl (C=O) groups excluding carboxylic acids is 2. The van der Waals surface area contributed by atoms with E-state index in [0.29, 0.717) is 26.2 Å². The molecule has 6 nitrogen and oxygen atoms in total. The first kappa shape index (κ1) is 17.3. The molecule has 1 aromatic carbocycles. The normalized spacial score (nSPS) is 17.4. The Morgan fingerprint density at radius 2 is 2.22 bits per heavy atom. The molecule has 1 aliphatic rings. The molecule has 2 amide bonds. The number of hydrogen-bond acceptors (Lipinski definition) is 4. The maximum Gasteiger partial charge on any atom is 0.225 e. The highest BCUT2D eigenvalue weighted by Gasteiger charge is 2.33. The van der Waals surface area contributed by atoms with E-state index in [2.05, 4.69) is 5.32 Å². The third-order valence-electron chi connectivity index (χ3n) is 4.00. The molecule has 6 heteroatoms. The van der Waals surface area contributed by atoms with Crippen molar-refractivity contribution in [3.05, 3.63) is 29.8 Å². The van der Waals surface area contributed by atoms with E-state index in [9.17, 15) is 9.59 Å². The highest BCUT2D eigenvalue weighted by atomic mass is 16.5. The Morgan fingerprint density at radius 3 is 2.96 bits per heavy atom. The SMILES string of the molecule is COCCN1CC(C(=O)NCCc2cccc(OC)c2)CC1=O. The van der Waals surface area contributed by atoms with Gasteiger partial charge in [-0.15, -0.1) is 0 Å². The largest absolute Gasteiger partial charge is 0.497 e. The zero-order valence-corrected chi connectivity index (χ0v) is 13.7. The minimum Gasteiger partial charge on any atom is -0.497 e. The zero-order valence-electron chi connectivity index (χ0n) is 13.7. The van der Waals surface area contributed by atoms with Crippen LogP contribution in [0.1, 0.15) is 12.0 Å². The lowest BCUT2D eigenvalue weighted by atomic mass is 10.1. The van der Waals surface area contributed by atoms with E-state index in [-0.39, 0.29) is 24.2 Å². The Labute approximate surface area is 136 Å². The van der Waals surface area contributed by atoms with E-state index in [4.69, 9.17) is 9.47 Å². The quantitative estimate of drug-likeness (QED) is 0.771. The van der Waals surface area contributed by atoms with E-state index >= 15 is 0 Å². The van der Waals surface area contributed by atoms with Crippen LogP contribution in [-0.2, 0) is 20.7 Å². The van der Waals surface area contributed by atoms with Gasteiger partial charge in [-0.3, -0.25) is 9.59 Å². The number of nitrogens with zero attached hydrogens (tertiary/aromatic N) is 1. The van der Waals surface area contributed by atoms with Crippen LogP contribution in [0.3, 0.4) is 0 Å². The van der Waals surface area contributed by atoms with Gasteiger partial charge in [0.1, 0.15) is 5.75 Å². The molecule has 0 aliphatic carbocycles. The maximum atomic E-state index is 12.2. The third-order valence-corrected chi connectivity index (χ3v) is 4.00. The monoisotopic (exact) mass is 320 g/mol. The Morgan fingerprint density at radius 1 is 1.39 bits per heavy atom. The molecule has 2 rings (SSSR count). The molecule has 1 N–H and O–H groups in total. The van der Waals surface area contributed by atoms with Crippen molar-refractivity contribution in [1.29, 1.82) is 0 Å². The van der Waals surface area contributed by atoms with Crippen LogP contribution in [-0.4, -0.2) is 57.2 Å². The zero-order chi connectivity index (χ0) is 16.7. The summed E-state index contributed by atoms with van der Waals surface area (Å²) < 4.78 is 10.2. The Hall–Kier alpha value is -2.08. The lowest BCUT2D eigenvalue weighted by Crippen LogP contribution is -2.34. The first-order chi connectivity index (χ1) is 11.1. The average molecular weight is 320 g/mol. The lowest BCUT2D eigenvalue weighted by Gasteiger charge is -2.15. The highest BCUT2D eigenvalue weighted by Crippen LogP contribution is 2.17. The van der Waals surface area contributed by atoms with Crippen LogP contribution >= 0.6 is 0 Å². The summed E-state index contributed by atoms with van der Waals surface area (Å²) in [7, 11) is 3.23. The number of rotatable bonds is 8. The van der Waals surface area contributed by atoms with Crippen LogP contribution in [0.25, 0.3) is 0 Å². The topological polar surface area (TPSA) is 67.9 Å². The maximum absolute atomic E-state index is 12.2. The molecule has 0 radical (unpaired) electrons. The van der Waals surface area contributed by atoms with E-state index < -0.39 is 0 Å². The summed E-state index contributed by atoms with van der Waals surface area (Å²) in [5, 5.41) is 2.92. The fourth-order valence-electron chi connectivity index (χ4n) is 2.67. The summed E-state index contributed by atoms with van der Waals surface area (Å²) in [6.07, 6.45) is 1.02. The van der Waals surface area contributed by atoms with E-state index in [1.54, 1.807) is 19.1 Å². The van der Waals surface area contributed by atoms with Crippen molar-refractivity contribution in [3.8, 4) is 5.75 Å². The van der Waals surface area contributed by atoms with Gasteiger partial charge in [0.05, 0.1) is 19.6 Å². The molecule has 0 aromatic heterocycles. The molecule has 1 saturated heterocycles. The van der Waals surface area contributed by atoms with Crippen molar-refractivity contribution < 1.29 is 19.1 Å². The minimum atomic E-state index is -0.260. The number of benzene rings is 1. The van der Waals surface area contributed by atoms with E-state index in [1.165, 1.54) is 0 Å². The predicted octanol–water partition coefficient (Wildman–Crippen LogP) is 0.849. The Balaban J connectivity index is 1.75. The third kappa shape index (κ3) is 4.96. The van der Waals surface area contributed by atoms with Crippen LogP contribution in [0, 0.1) is 5.92 Å². The van der Waals surface area contributed by atoms with E-state index in [0.717, 1.165) is 17.7 Å². The van der Waals surface area contributed by atoms with Gasteiger partial charge in [0, 0.05) is 33.2 Å². The van der Waals surface area contributed by atoms with Crippen molar-refractivity contribution >= 4 is 11.8 Å². The van der Waals surface area contributed by atoms with Crippen molar-refractivity contribution in [1.82, 2.24) is 10.2 Å². The van der Waals surface area contributed by atoms with Crippen LogP contribution in [0.2, 0.25) is 0 Å². The number of methoxy groups -OCH3 is 2. The second-order valence-electron chi connectivity index (χ2n) is 5.63. The van der Waals surface area contributed by atoms with Crippen LogP contribution in [0.4, 0.5) is 0 Å². The lowest BCUT2D eigenvalue weighted by molar-refractivity contribution is -0.129. The van der Waals surface area contributed by atoms with Gasteiger partial charge in [0.2, 0.25) is 11.8 Å². The summed E-state index contributed by atoms with van der Waals surface area (Å²) in [6, 6.07) is 7.78. The molecule has 1 unspecified atom stereocenters. The summed E-state index contributed by atoms with van der Waals surface area (Å²) >= 11 is 0. The second-order valence-corrected chi connectivity index (χ2v) is 5.63. The first-order valence-electron chi connectivity index (χ1n) is 7.81. The van der Waals surface area contributed by atoms with Crippen LogP contribution < -0.4 is 10.1 Å². The van der Waals surface area contributed by atoms with Gasteiger partial charge in [-0.05, 0) is 24.1 Å². The minimum absolute atomic E-state index is 0.0231. The van der Waals surface area contributed by atoms with Crippen molar-refractivity contribution in [2.24, 2.45) is 5.92 Å². The number of ether oxygens (including phenoxy) is 2. The van der Waals surface area contributed by atoms with Gasteiger partial charge in [-0.25, -0.2) is 0 Å².